The lowest BCUT2D eigenvalue weighted by molar-refractivity contribution is 0.355. The number of nitrogens with zero attached hydrogens (tertiary/aromatic N) is 5. The van der Waals surface area contributed by atoms with Crippen LogP contribution in [0.4, 0.5) is 11.5 Å². The van der Waals surface area contributed by atoms with Crippen molar-refractivity contribution in [3.8, 4) is 34.6 Å². The first-order valence-electron chi connectivity index (χ1n) is 10.8. The van der Waals surface area contributed by atoms with Gasteiger partial charge in [-0.15, -0.1) is 0 Å². The molecule has 0 unspecified atom stereocenters. The van der Waals surface area contributed by atoms with Crippen molar-refractivity contribution in [2.75, 3.05) is 63.6 Å². The van der Waals surface area contributed by atoms with Crippen molar-refractivity contribution in [3.63, 3.8) is 0 Å². The van der Waals surface area contributed by atoms with Crippen LogP contribution >= 0.6 is 11.8 Å². The van der Waals surface area contributed by atoms with E-state index >= 15 is 0 Å². The lowest BCUT2D eigenvalue weighted by Gasteiger charge is -2.37. The molecule has 0 spiro atoms. The number of benzene rings is 2. The Labute approximate surface area is 204 Å². The fraction of sp³-hybridized carbons (Fsp3) is 0.320. The second-order valence-electron chi connectivity index (χ2n) is 7.59. The van der Waals surface area contributed by atoms with Crippen LogP contribution in [0.5, 0.6) is 17.2 Å². The number of hydrogen-bond acceptors (Lipinski definition) is 9. The monoisotopic (exact) mass is 477 g/mol. The van der Waals surface area contributed by atoms with Crippen molar-refractivity contribution in [2.45, 2.75) is 5.16 Å². The molecule has 176 valence electrons. The molecule has 8 nitrogen and oxygen atoms in total. The van der Waals surface area contributed by atoms with E-state index in [1.54, 1.807) is 21.3 Å². The van der Waals surface area contributed by atoms with Crippen LogP contribution in [0.1, 0.15) is 5.56 Å². The van der Waals surface area contributed by atoms with Crippen LogP contribution in [-0.4, -0.2) is 63.7 Å². The topological polar surface area (TPSA) is 83.7 Å². The van der Waals surface area contributed by atoms with Gasteiger partial charge in [-0.25, -0.2) is 9.97 Å². The maximum absolute atomic E-state index is 10.1. The van der Waals surface area contributed by atoms with Crippen LogP contribution in [0.3, 0.4) is 0 Å². The lowest BCUT2D eigenvalue weighted by atomic mass is 10.1. The Morgan fingerprint density at radius 3 is 2.18 bits per heavy atom. The summed E-state index contributed by atoms with van der Waals surface area (Å²) in [7, 11) is 4.87. The van der Waals surface area contributed by atoms with Crippen LogP contribution in [0.15, 0.2) is 47.6 Å². The molecule has 0 radical (unpaired) electrons. The van der Waals surface area contributed by atoms with Gasteiger partial charge in [0.2, 0.25) is 0 Å². The normalized spacial score (nSPS) is 13.4. The number of nitriles is 1. The molecule has 0 aliphatic carbocycles. The summed E-state index contributed by atoms with van der Waals surface area (Å²) >= 11 is 1.45. The highest BCUT2D eigenvalue weighted by Gasteiger charge is 2.26. The average Bonchev–Trinajstić information content (AvgIpc) is 2.91. The molecule has 2 heterocycles. The molecule has 34 heavy (non-hydrogen) atoms. The van der Waals surface area contributed by atoms with E-state index in [-0.39, 0.29) is 0 Å². The summed E-state index contributed by atoms with van der Waals surface area (Å²) < 4.78 is 16.4. The highest BCUT2D eigenvalue weighted by Crippen LogP contribution is 2.36. The van der Waals surface area contributed by atoms with Crippen molar-refractivity contribution in [1.29, 1.82) is 5.26 Å². The zero-order valence-electron chi connectivity index (χ0n) is 19.7. The molecule has 1 fully saturated rings. The number of aromatic nitrogens is 2. The Bertz CT molecular complexity index is 1210. The smallest absolute Gasteiger partial charge is 0.189 e. The molecule has 1 aliphatic rings. The Kier molecular flexibility index (Phi) is 7.28. The van der Waals surface area contributed by atoms with E-state index in [4.69, 9.17) is 19.2 Å². The predicted octanol–water partition coefficient (Wildman–Crippen LogP) is 4.09. The molecule has 0 N–H and O–H groups in total. The second kappa shape index (κ2) is 10.5. The first kappa shape index (κ1) is 23.5. The summed E-state index contributed by atoms with van der Waals surface area (Å²) in [4.78, 5) is 13.9. The summed E-state index contributed by atoms with van der Waals surface area (Å²) in [5.41, 5.74) is 2.89. The number of rotatable bonds is 7. The van der Waals surface area contributed by atoms with E-state index in [2.05, 4.69) is 26.9 Å². The molecule has 3 aromatic rings. The van der Waals surface area contributed by atoms with Crippen LogP contribution in [0.25, 0.3) is 11.3 Å². The van der Waals surface area contributed by atoms with Crippen LogP contribution in [-0.2, 0) is 0 Å². The fourth-order valence-electron chi connectivity index (χ4n) is 4.09. The molecule has 1 aromatic heterocycles. The second-order valence-corrected chi connectivity index (χ2v) is 8.36. The molecule has 4 rings (SSSR count). The maximum Gasteiger partial charge on any atom is 0.189 e. The number of ether oxygens (including phenoxy) is 3. The van der Waals surface area contributed by atoms with Crippen molar-refractivity contribution in [2.24, 2.45) is 0 Å². The van der Waals surface area contributed by atoms with Gasteiger partial charge in [0.1, 0.15) is 17.4 Å². The van der Waals surface area contributed by atoms with E-state index in [1.807, 2.05) is 42.7 Å². The van der Waals surface area contributed by atoms with Gasteiger partial charge in [0.15, 0.2) is 22.5 Å². The molecular formula is C25H27N5O3S. The van der Waals surface area contributed by atoms with Gasteiger partial charge in [0, 0.05) is 31.7 Å². The first-order chi connectivity index (χ1) is 16.6. The quantitative estimate of drug-likeness (QED) is 0.369. The summed E-state index contributed by atoms with van der Waals surface area (Å²) in [6, 6.07) is 15.9. The van der Waals surface area contributed by atoms with Gasteiger partial charge in [0.05, 0.1) is 32.7 Å². The number of para-hydroxylation sites is 2. The molecular weight excluding hydrogens is 450 g/mol. The van der Waals surface area contributed by atoms with E-state index in [0.717, 1.165) is 43.2 Å². The number of hydrogen-bond donors (Lipinski definition) is 0. The van der Waals surface area contributed by atoms with E-state index in [0.29, 0.717) is 33.7 Å². The van der Waals surface area contributed by atoms with E-state index in [9.17, 15) is 5.26 Å². The first-order valence-corrected chi connectivity index (χ1v) is 12.1. The zero-order chi connectivity index (χ0) is 24.1. The maximum atomic E-state index is 10.1. The van der Waals surface area contributed by atoms with Gasteiger partial charge in [-0.1, -0.05) is 23.9 Å². The van der Waals surface area contributed by atoms with Gasteiger partial charge >= 0.3 is 0 Å². The summed E-state index contributed by atoms with van der Waals surface area (Å²) in [5.74, 6) is 2.72. The van der Waals surface area contributed by atoms with Gasteiger partial charge in [-0.05, 0) is 36.6 Å². The summed E-state index contributed by atoms with van der Waals surface area (Å²) in [5, 5.41) is 10.8. The van der Waals surface area contributed by atoms with Crippen LogP contribution < -0.4 is 24.0 Å². The third-order valence-corrected chi connectivity index (χ3v) is 6.37. The molecule has 1 aliphatic heterocycles. The Morgan fingerprint density at radius 2 is 1.53 bits per heavy atom. The molecule has 9 heteroatoms. The molecule has 2 aromatic carbocycles. The third kappa shape index (κ3) is 4.54. The standard InChI is InChI=1S/C25H27N5O3S/c1-31-20-8-6-5-7-19(20)29-11-13-30(14-12-29)24-18(16-26)23(27-25(28-24)34-4)17-9-10-21(32-2)22(15-17)33-3/h5-10,15H,11-14H2,1-4H3. The highest BCUT2D eigenvalue weighted by atomic mass is 32.2. The molecule has 0 saturated carbocycles. The van der Waals surface area contributed by atoms with E-state index < -0.39 is 0 Å². The highest BCUT2D eigenvalue weighted by molar-refractivity contribution is 7.98. The fourth-order valence-corrected chi connectivity index (χ4v) is 4.45. The van der Waals surface area contributed by atoms with Crippen LogP contribution in [0.2, 0.25) is 0 Å². The Morgan fingerprint density at radius 1 is 0.853 bits per heavy atom. The van der Waals surface area contributed by atoms with E-state index in [1.165, 1.54) is 11.8 Å². The van der Waals surface area contributed by atoms with Gasteiger partial charge in [-0.2, -0.15) is 5.26 Å². The minimum Gasteiger partial charge on any atom is -0.495 e. The number of thioether (sulfide) groups is 1. The van der Waals surface area contributed by atoms with Gasteiger partial charge in [-0.3, -0.25) is 0 Å². The van der Waals surface area contributed by atoms with Crippen molar-refractivity contribution in [3.05, 3.63) is 48.0 Å². The minimum atomic E-state index is 0.454. The summed E-state index contributed by atoms with van der Waals surface area (Å²) in [6.07, 6.45) is 1.93. The molecule has 0 amide bonds. The zero-order valence-corrected chi connectivity index (χ0v) is 20.6. The third-order valence-electron chi connectivity index (χ3n) is 5.83. The van der Waals surface area contributed by atoms with Crippen molar-refractivity contribution in [1.82, 2.24) is 9.97 Å². The Balaban J connectivity index is 1.68. The van der Waals surface area contributed by atoms with Crippen LogP contribution in [0, 0.1) is 11.3 Å². The lowest BCUT2D eigenvalue weighted by Crippen LogP contribution is -2.47. The number of piperazine rings is 1. The summed E-state index contributed by atoms with van der Waals surface area (Å²) in [6.45, 7) is 3.02. The Hall–Kier alpha value is -3.64. The average molecular weight is 478 g/mol. The van der Waals surface area contributed by atoms with Gasteiger partial charge < -0.3 is 24.0 Å². The SMILES string of the molecule is COc1ccc(-c2nc(SC)nc(N3CCN(c4ccccc4OC)CC3)c2C#N)cc1OC. The molecule has 1 saturated heterocycles. The minimum absolute atomic E-state index is 0.454. The van der Waals surface area contributed by atoms with Crippen molar-refractivity contribution < 1.29 is 14.2 Å². The predicted molar refractivity (Wildman–Crippen MR) is 134 cm³/mol. The van der Waals surface area contributed by atoms with Crippen molar-refractivity contribution >= 4 is 23.3 Å². The number of anilines is 2. The molecule has 0 atom stereocenters. The largest absolute Gasteiger partial charge is 0.495 e. The number of methoxy groups -OCH3 is 3. The van der Waals surface area contributed by atoms with Gasteiger partial charge in [0.25, 0.3) is 0 Å². The molecule has 0 bridgehead atoms.